The Morgan fingerprint density at radius 2 is 1.85 bits per heavy atom. The maximum atomic E-state index is 13.4. The van der Waals surface area contributed by atoms with Gasteiger partial charge in [-0.3, -0.25) is 9.59 Å². The average molecular weight is 460 g/mol. The summed E-state index contributed by atoms with van der Waals surface area (Å²) in [6.07, 6.45) is 0.911. The summed E-state index contributed by atoms with van der Waals surface area (Å²) in [7, 11) is 0. The molecule has 0 saturated heterocycles. The van der Waals surface area contributed by atoms with Crippen molar-refractivity contribution in [3.63, 3.8) is 0 Å². The maximum absolute atomic E-state index is 13.4. The van der Waals surface area contributed by atoms with Gasteiger partial charge in [-0.1, -0.05) is 56.3 Å². The lowest BCUT2D eigenvalue weighted by Gasteiger charge is -2.27. The third kappa shape index (κ3) is 4.91. The summed E-state index contributed by atoms with van der Waals surface area (Å²) in [5.41, 5.74) is 1.58. The second-order valence-corrected chi connectivity index (χ2v) is 8.93. The molecule has 1 amide bonds. The van der Waals surface area contributed by atoms with E-state index in [1.54, 1.807) is 19.1 Å². The Morgan fingerprint density at radius 3 is 2.53 bits per heavy atom. The van der Waals surface area contributed by atoms with Crippen molar-refractivity contribution in [2.75, 3.05) is 6.61 Å². The number of Topliss-reactive ketones (excluding diaryl/α,β-unsaturated/α-hetero) is 1. The van der Waals surface area contributed by atoms with Crippen molar-refractivity contribution in [2.24, 2.45) is 5.92 Å². The smallest absolute Gasteiger partial charge is 0.290 e. The number of carbonyl (C=O) groups excluding carboxylic acids is 2. The highest BCUT2D eigenvalue weighted by atomic mass is 16.5. The summed E-state index contributed by atoms with van der Waals surface area (Å²) in [5.74, 6) is 0.173. The third-order valence-electron chi connectivity index (χ3n) is 5.85. The number of carbonyl (C=O) groups is 2. The van der Waals surface area contributed by atoms with Crippen molar-refractivity contribution in [1.82, 2.24) is 4.90 Å². The molecule has 0 aliphatic carbocycles. The normalized spacial score (nSPS) is 15.9. The Morgan fingerprint density at radius 1 is 1.09 bits per heavy atom. The minimum Gasteiger partial charge on any atom is -0.503 e. The first kappa shape index (κ1) is 23.4. The molecule has 1 N–H and O–H groups in total. The molecule has 4 rings (SSSR count). The average Bonchev–Trinajstić information content (AvgIpc) is 3.36. The lowest BCUT2D eigenvalue weighted by atomic mass is 9.94. The Labute approximate surface area is 199 Å². The lowest BCUT2D eigenvalue weighted by Crippen LogP contribution is -2.30. The molecule has 1 atom stereocenters. The first-order valence-electron chi connectivity index (χ1n) is 11.5. The topological polar surface area (TPSA) is 80.0 Å². The zero-order valence-electron chi connectivity index (χ0n) is 19.7. The first-order valence-corrected chi connectivity index (χ1v) is 11.5. The van der Waals surface area contributed by atoms with Crippen molar-refractivity contribution in [3.05, 3.63) is 101 Å². The number of furan rings is 1. The number of benzene rings is 2. The van der Waals surface area contributed by atoms with E-state index < -0.39 is 23.5 Å². The van der Waals surface area contributed by atoms with E-state index in [1.807, 2.05) is 54.6 Å². The molecule has 0 fully saturated rings. The van der Waals surface area contributed by atoms with Crippen molar-refractivity contribution in [2.45, 2.75) is 39.8 Å². The van der Waals surface area contributed by atoms with Crippen LogP contribution < -0.4 is 4.74 Å². The summed E-state index contributed by atoms with van der Waals surface area (Å²) >= 11 is 0. The number of hydrogen-bond donors (Lipinski definition) is 1. The minimum absolute atomic E-state index is 0.00890. The molecule has 0 bridgehead atoms. The van der Waals surface area contributed by atoms with E-state index in [-0.39, 0.29) is 17.9 Å². The lowest BCUT2D eigenvalue weighted by molar-refractivity contribution is -0.130. The number of rotatable bonds is 9. The van der Waals surface area contributed by atoms with Gasteiger partial charge in [0.05, 0.1) is 18.2 Å². The molecule has 6 heteroatoms. The van der Waals surface area contributed by atoms with Crippen LogP contribution in [0.25, 0.3) is 0 Å². The van der Waals surface area contributed by atoms with Gasteiger partial charge in [0.25, 0.3) is 5.91 Å². The molecule has 34 heavy (non-hydrogen) atoms. The van der Waals surface area contributed by atoms with E-state index in [9.17, 15) is 14.7 Å². The van der Waals surface area contributed by atoms with Crippen LogP contribution in [0.3, 0.4) is 0 Å². The van der Waals surface area contributed by atoms with Crippen LogP contribution in [0.2, 0.25) is 0 Å². The Bertz CT molecular complexity index is 1210. The first-order chi connectivity index (χ1) is 16.3. The molecular formula is C28H29NO5. The van der Waals surface area contributed by atoms with Crippen molar-refractivity contribution >= 4 is 11.7 Å². The Hall–Kier alpha value is -3.80. The van der Waals surface area contributed by atoms with Gasteiger partial charge >= 0.3 is 0 Å². The standard InChI is InChI=1S/C28H29NO5/c1-18(2)14-15-33-22-11-7-10-21(16-22)25-24(26(30)23-13-12-19(3)34-23)27(31)28(32)29(25)17-20-8-5-4-6-9-20/h4-13,16,18,25,31H,14-15,17H2,1-3H3. The van der Waals surface area contributed by atoms with E-state index in [0.29, 0.717) is 29.6 Å². The van der Waals surface area contributed by atoms with Crippen LogP contribution in [0.5, 0.6) is 5.75 Å². The van der Waals surface area contributed by atoms with E-state index in [0.717, 1.165) is 12.0 Å². The van der Waals surface area contributed by atoms with Crippen LogP contribution in [0.15, 0.2) is 82.5 Å². The van der Waals surface area contributed by atoms with Crippen LogP contribution in [-0.4, -0.2) is 28.3 Å². The van der Waals surface area contributed by atoms with Crippen LogP contribution in [0.4, 0.5) is 0 Å². The summed E-state index contributed by atoms with van der Waals surface area (Å²) in [4.78, 5) is 28.1. The number of aliphatic hydroxyl groups is 1. The number of ether oxygens (including phenoxy) is 1. The fourth-order valence-electron chi connectivity index (χ4n) is 4.05. The van der Waals surface area contributed by atoms with Gasteiger partial charge in [-0.05, 0) is 54.7 Å². The van der Waals surface area contributed by atoms with Crippen molar-refractivity contribution in [1.29, 1.82) is 0 Å². The van der Waals surface area contributed by atoms with Crippen molar-refractivity contribution < 1.29 is 23.8 Å². The highest BCUT2D eigenvalue weighted by Gasteiger charge is 2.44. The van der Waals surface area contributed by atoms with Gasteiger partial charge in [-0.2, -0.15) is 0 Å². The second kappa shape index (κ2) is 10.00. The van der Waals surface area contributed by atoms with E-state index >= 15 is 0 Å². The third-order valence-corrected chi connectivity index (χ3v) is 5.85. The molecular weight excluding hydrogens is 430 g/mol. The fraction of sp³-hybridized carbons (Fsp3) is 0.286. The number of ketones is 1. The van der Waals surface area contributed by atoms with Gasteiger partial charge in [0.2, 0.25) is 5.78 Å². The highest BCUT2D eigenvalue weighted by molar-refractivity contribution is 6.15. The van der Waals surface area contributed by atoms with Crippen LogP contribution in [0.1, 0.15) is 53.8 Å². The van der Waals surface area contributed by atoms with Gasteiger partial charge in [0, 0.05) is 6.54 Å². The predicted octanol–water partition coefficient (Wildman–Crippen LogP) is 5.79. The molecule has 3 aromatic rings. The molecule has 2 aromatic carbocycles. The summed E-state index contributed by atoms with van der Waals surface area (Å²) in [6, 6.07) is 19.3. The SMILES string of the molecule is Cc1ccc(C(=O)C2=C(O)C(=O)N(Cc3ccccc3)C2c2cccc(OCCC(C)C)c2)o1. The minimum atomic E-state index is -0.778. The van der Waals surface area contributed by atoms with Gasteiger partial charge in [-0.15, -0.1) is 0 Å². The van der Waals surface area contributed by atoms with E-state index in [2.05, 4.69) is 13.8 Å². The number of aliphatic hydroxyl groups excluding tert-OH is 1. The number of hydrogen-bond acceptors (Lipinski definition) is 5. The quantitative estimate of drug-likeness (QED) is 0.410. The molecule has 0 spiro atoms. The molecule has 1 aromatic heterocycles. The second-order valence-electron chi connectivity index (χ2n) is 8.93. The zero-order valence-corrected chi connectivity index (χ0v) is 19.7. The predicted molar refractivity (Wildman–Crippen MR) is 129 cm³/mol. The summed E-state index contributed by atoms with van der Waals surface area (Å²) in [5, 5.41) is 10.8. The molecule has 1 aliphatic rings. The summed E-state index contributed by atoms with van der Waals surface area (Å²) in [6.45, 7) is 6.81. The molecule has 1 unspecified atom stereocenters. The van der Waals surface area contributed by atoms with Crippen LogP contribution in [-0.2, 0) is 11.3 Å². The van der Waals surface area contributed by atoms with Gasteiger partial charge in [0.1, 0.15) is 11.5 Å². The Balaban J connectivity index is 1.73. The van der Waals surface area contributed by atoms with E-state index in [4.69, 9.17) is 9.15 Å². The number of aryl methyl sites for hydroxylation is 1. The van der Waals surface area contributed by atoms with Crippen molar-refractivity contribution in [3.8, 4) is 5.75 Å². The number of amides is 1. The molecule has 6 nitrogen and oxygen atoms in total. The largest absolute Gasteiger partial charge is 0.503 e. The molecule has 1 aliphatic heterocycles. The molecule has 2 heterocycles. The molecule has 176 valence electrons. The van der Waals surface area contributed by atoms with E-state index in [1.165, 1.54) is 4.90 Å². The van der Waals surface area contributed by atoms with Gasteiger partial charge < -0.3 is 19.2 Å². The maximum Gasteiger partial charge on any atom is 0.290 e. The zero-order chi connectivity index (χ0) is 24.2. The molecule has 0 radical (unpaired) electrons. The Kier molecular flexibility index (Phi) is 6.87. The van der Waals surface area contributed by atoms with Gasteiger partial charge in [0.15, 0.2) is 11.5 Å². The fourth-order valence-corrected chi connectivity index (χ4v) is 4.05. The monoisotopic (exact) mass is 459 g/mol. The van der Waals surface area contributed by atoms with Gasteiger partial charge in [-0.25, -0.2) is 0 Å². The number of nitrogens with zero attached hydrogens (tertiary/aromatic N) is 1. The van der Waals surface area contributed by atoms with Crippen LogP contribution in [0, 0.1) is 12.8 Å². The highest BCUT2D eigenvalue weighted by Crippen LogP contribution is 2.41. The molecule has 0 saturated carbocycles. The summed E-state index contributed by atoms with van der Waals surface area (Å²) < 4.78 is 11.5. The van der Waals surface area contributed by atoms with Crippen LogP contribution >= 0.6 is 0 Å².